The van der Waals surface area contributed by atoms with Gasteiger partial charge in [0.2, 0.25) is 0 Å². The Balaban J connectivity index is 2.40. The van der Waals surface area contributed by atoms with Crippen LogP contribution < -0.4 is 4.74 Å². The smallest absolute Gasteiger partial charge is 0.118 e. The maximum atomic E-state index is 5.23. The summed E-state index contributed by atoms with van der Waals surface area (Å²) in [4.78, 5) is 0. The van der Waals surface area contributed by atoms with Gasteiger partial charge >= 0.3 is 0 Å². The second-order valence-electron chi connectivity index (χ2n) is 5.06. The van der Waals surface area contributed by atoms with Crippen molar-refractivity contribution in [2.45, 2.75) is 33.1 Å². The molecule has 0 saturated heterocycles. The Morgan fingerprint density at radius 2 is 1.84 bits per heavy atom. The topological polar surface area (TPSA) is 14.2 Å². The van der Waals surface area contributed by atoms with E-state index in [0.717, 1.165) is 12.2 Å². The molecule has 2 aromatic rings. The van der Waals surface area contributed by atoms with Crippen molar-refractivity contribution in [1.29, 1.82) is 0 Å². The molecule has 0 aliphatic carbocycles. The fourth-order valence-electron chi connectivity index (χ4n) is 2.51. The minimum absolute atomic E-state index is 0.910. The molecule has 102 valence electrons. The van der Waals surface area contributed by atoms with Crippen molar-refractivity contribution >= 4 is 0 Å². The van der Waals surface area contributed by atoms with Crippen molar-refractivity contribution in [1.82, 2.24) is 4.57 Å². The molecule has 0 amide bonds. The van der Waals surface area contributed by atoms with Gasteiger partial charge in [-0.3, -0.25) is 0 Å². The lowest BCUT2D eigenvalue weighted by molar-refractivity contribution is 0.415. The van der Waals surface area contributed by atoms with Gasteiger partial charge in [0.05, 0.1) is 7.11 Å². The Morgan fingerprint density at radius 1 is 1.16 bits per heavy atom. The second kappa shape index (κ2) is 5.96. The molecule has 0 atom stereocenters. The number of rotatable bonds is 5. The number of aryl methyl sites for hydroxylation is 2. The molecule has 0 fully saturated rings. The lowest BCUT2D eigenvalue weighted by Gasteiger charge is -2.07. The number of benzene rings is 1. The highest BCUT2D eigenvalue weighted by atomic mass is 16.5. The van der Waals surface area contributed by atoms with Crippen LogP contribution in [-0.2, 0) is 13.5 Å². The molecule has 1 aromatic heterocycles. The van der Waals surface area contributed by atoms with Crippen molar-refractivity contribution in [2.24, 2.45) is 7.05 Å². The summed E-state index contributed by atoms with van der Waals surface area (Å²) < 4.78 is 7.46. The molecular weight excluding hydrogens is 234 g/mol. The van der Waals surface area contributed by atoms with Crippen LogP contribution in [0.3, 0.4) is 0 Å². The molecule has 2 rings (SSSR count). The Bertz CT molecular complexity index is 537. The molecule has 0 aliphatic rings. The predicted octanol–water partition coefficient (Wildman–Crippen LogP) is 4.35. The third-order valence-corrected chi connectivity index (χ3v) is 3.74. The van der Waals surface area contributed by atoms with Gasteiger partial charge in [-0.15, -0.1) is 0 Å². The monoisotopic (exact) mass is 257 g/mol. The van der Waals surface area contributed by atoms with Crippen molar-refractivity contribution in [2.75, 3.05) is 7.11 Å². The van der Waals surface area contributed by atoms with Crippen LogP contribution in [0.25, 0.3) is 11.1 Å². The lowest BCUT2D eigenvalue weighted by atomic mass is 9.98. The van der Waals surface area contributed by atoms with Gasteiger partial charge in [-0.25, -0.2) is 0 Å². The van der Waals surface area contributed by atoms with E-state index in [1.54, 1.807) is 7.11 Å². The largest absolute Gasteiger partial charge is 0.497 e. The summed E-state index contributed by atoms with van der Waals surface area (Å²) in [5, 5.41) is 0. The molecule has 1 aromatic carbocycles. The third-order valence-electron chi connectivity index (χ3n) is 3.74. The first kappa shape index (κ1) is 13.7. The fourth-order valence-corrected chi connectivity index (χ4v) is 2.51. The summed E-state index contributed by atoms with van der Waals surface area (Å²) in [6.45, 7) is 4.43. The zero-order valence-corrected chi connectivity index (χ0v) is 12.4. The highest BCUT2D eigenvalue weighted by Gasteiger charge is 2.12. The summed E-state index contributed by atoms with van der Waals surface area (Å²) in [6.07, 6.45) is 5.90. The number of unbranched alkanes of at least 4 members (excludes halogenated alkanes) is 1. The summed E-state index contributed by atoms with van der Waals surface area (Å²) >= 11 is 0. The average Bonchev–Trinajstić information content (AvgIpc) is 2.72. The molecule has 1 heterocycles. The fraction of sp³-hybridized carbons (Fsp3) is 0.412. The predicted molar refractivity (Wildman–Crippen MR) is 80.8 cm³/mol. The molecule has 0 radical (unpaired) electrons. The number of hydrogen-bond acceptors (Lipinski definition) is 1. The summed E-state index contributed by atoms with van der Waals surface area (Å²) in [7, 11) is 3.83. The minimum atomic E-state index is 0.910. The molecule has 0 aliphatic heterocycles. The Kier molecular flexibility index (Phi) is 4.31. The van der Waals surface area contributed by atoms with E-state index in [0.29, 0.717) is 0 Å². The van der Waals surface area contributed by atoms with Gasteiger partial charge in [-0.1, -0.05) is 25.5 Å². The molecule has 2 nitrogen and oxygen atoms in total. The number of hydrogen-bond donors (Lipinski definition) is 0. The number of methoxy groups -OCH3 is 1. The van der Waals surface area contributed by atoms with Gasteiger partial charge in [0.1, 0.15) is 5.75 Å². The highest BCUT2D eigenvalue weighted by molar-refractivity contribution is 5.71. The molecule has 19 heavy (non-hydrogen) atoms. The molecule has 0 spiro atoms. The van der Waals surface area contributed by atoms with Crippen LogP contribution in [0.2, 0.25) is 0 Å². The van der Waals surface area contributed by atoms with E-state index < -0.39 is 0 Å². The van der Waals surface area contributed by atoms with Crippen LogP contribution in [-0.4, -0.2) is 11.7 Å². The van der Waals surface area contributed by atoms with Crippen LogP contribution in [0.1, 0.15) is 31.0 Å². The van der Waals surface area contributed by atoms with Crippen molar-refractivity contribution in [3.63, 3.8) is 0 Å². The van der Waals surface area contributed by atoms with Crippen LogP contribution >= 0.6 is 0 Å². The first-order valence-electron chi connectivity index (χ1n) is 6.96. The molecular formula is C17H23NO. The van der Waals surface area contributed by atoms with Gasteiger partial charge in [0, 0.05) is 24.5 Å². The summed E-state index contributed by atoms with van der Waals surface area (Å²) in [5.74, 6) is 0.910. The van der Waals surface area contributed by atoms with Gasteiger partial charge in [-0.2, -0.15) is 0 Å². The van der Waals surface area contributed by atoms with Crippen molar-refractivity contribution < 1.29 is 4.74 Å². The van der Waals surface area contributed by atoms with Crippen molar-refractivity contribution in [3.8, 4) is 16.9 Å². The normalized spacial score (nSPS) is 10.7. The van der Waals surface area contributed by atoms with Gasteiger partial charge in [0.25, 0.3) is 0 Å². The number of ether oxygens (including phenoxy) is 1. The molecule has 0 unspecified atom stereocenters. The summed E-state index contributed by atoms with van der Waals surface area (Å²) in [5.41, 5.74) is 5.45. The molecule has 2 heteroatoms. The van der Waals surface area contributed by atoms with E-state index in [2.05, 4.69) is 43.8 Å². The second-order valence-corrected chi connectivity index (χ2v) is 5.06. The molecule has 0 N–H and O–H groups in total. The van der Waals surface area contributed by atoms with Gasteiger partial charge in [0.15, 0.2) is 0 Å². The van der Waals surface area contributed by atoms with Gasteiger partial charge in [-0.05, 0) is 43.0 Å². The standard InChI is InChI=1S/C17H23NO/c1-5-6-7-15-12-18(3)13(2)17(15)14-8-10-16(19-4)11-9-14/h8-12H,5-7H2,1-4H3. The first-order chi connectivity index (χ1) is 9.17. The first-order valence-corrected chi connectivity index (χ1v) is 6.96. The van der Waals surface area contributed by atoms with E-state index in [1.165, 1.54) is 35.2 Å². The van der Waals surface area contributed by atoms with E-state index in [4.69, 9.17) is 4.74 Å². The third kappa shape index (κ3) is 2.83. The van der Waals surface area contributed by atoms with Crippen LogP contribution in [0.15, 0.2) is 30.5 Å². The van der Waals surface area contributed by atoms with E-state index in [1.807, 2.05) is 12.1 Å². The Labute approximate surface area is 116 Å². The molecule has 0 bridgehead atoms. The lowest BCUT2D eigenvalue weighted by Crippen LogP contribution is -1.90. The van der Waals surface area contributed by atoms with Crippen LogP contribution in [0.5, 0.6) is 5.75 Å². The Hall–Kier alpha value is -1.70. The maximum Gasteiger partial charge on any atom is 0.118 e. The van der Waals surface area contributed by atoms with Crippen LogP contribution in [0, 0.1) is 6.92 Å². The minimum Gasteiger partial charge on any atom is -0.497 e. The SMILES string of the molecule is CCCCc1cn(C)c(C)c1-c1ccc(OC)cc1. The van der Waals surface area contributed by atoms with Crippen molar-refractivity contribution in [3.05, 3.63) is 41.7 Å². The van der Waals surface area contributed by atoms with E-state index in [-0.39, 0.29) is 0 Å². The summed E-state index contributed by atoms with van der Waals surface area (Å²) in [6, 6.07) is 8.37. The highest BCUT2D eigenvalue weighted by Crippen LogP contribution is 2.31. The van der Waals surface area contributed by atoms with Gasteiger partial charge < -0.3 is 9.30 Å². The molecule has 0 saturated carbocycles. The van der Waals surface area contributed by atoms with E-state index in [9.17, 15) is 0 Å². The number of nitrogens with zero attached hydrogens (tertiary/aromatic N) is 1. The average molecular weight is 257 g/mol. The zero-order valence-electron chi connectivity index (χ0n) is 12.4. The quantitative estimate of drug-likeness (QED) is 0.776. The van der Waals surface area contributed by atoms with Crippen LogP contribution in [0.4, 0.5) is 0 Å². The van der Waals surface area contributed by atoms with E-state index >= 15 is 0 Å². The zero-order chi connectivity index (χ0) is 13.8. The maximum absolute atomic E-state index is 5.23. The number of aromatic nitrogens is 1. The Morgan fingerprint density at radius 3 is 2.42 bits per heavy atom.